The van der Waals surface area contributed by atoms with E-state index in [1.165, 1.54) is 0 Å². The summed E-state index contributed by atoms with van der Waals surface area (Å²) in [6.45, 7) is 4.03. The highest BCUT2D eigenvalue weighted by atomic mass is 16.4. The van der Waals surface area contributed by atoms with Gasteiger partial charge in [-0.05, 0) is 51.1 Å². The fourth-order valence-corrected chi connectivity index (χ4v) is 3.35. The van der Waals surface area contributed by atoms with Crippen LogP contribution in [0.1, 0.15) is 52.4 Å². The summed E-state index contributed by atoms with van der Waals surface area (Å²) in [5, 5.41) is 29.0. The Bertz CT molecular complexity index is 611. The first-order chi connectivity index (χ1) is 14.7. The number of aliphatic hydroxyl groups is 1. The van der Waals surface area contributed by atoms with Crippen molar-refractivity contribution in [3.05, 3.63) is 0 Å². The van der Waals surface area contributed by atoms with Crippen LogP contribution >= 0.6 is 0 Å². The molecule has 8 N–H and O–H groups in total. The molecular weight excluding hydrogens is 406 g/mol. The molecule has 0 bridgehead atoms. The second-order valence-corrected chi connectivity index (χ2v) is 7.95. The zero-order chi connectivity index (χ0) is 23.4. The number of nitrogens with two attached hydrogens (primary N) is 1. The Balaban J connectivity index is 2.89. The number of rotatable bonds is 14. The Labute approximate surface area is 182 Å². The molecule has 1 aliphatic heterocycles. The van der Waals surface area contributed by atoms with E-state index in [1.807, 2.05) is 6.92 Å². The third kappa shape index (κ3) is 8.80. The summed E-state index contributed by atoms with van der Waals surface area (Å²) in [5.41, 5.74) is 5.53. The minimum absolute atomic E-state index is 0.263. The highest BCUT2D eigenvalue weighted by Gasteiger charge is 2.33. The Morgan fingerprint density at radius 2 is 1.81 bits per heavy atom. The predicted molar refractivity (Wildman–Crippen MR) is 114 cm³/mol. The molecule has 0 aromatic heterocycles. The van der Waals surface area contributed by atoms with E-state index in [2.05, 4.69) is 21.3 Å². The maximum atomic E-state index is 13.0. The van der Waals surface area contributed by atoms with Crippen LogP contribution in [0.5, 0.6) is 0 Å². The molecule has 1 heterocycles. The fourth-order valence-electron chi connectivity index (χ4n) is 3.35. The number of hydrogen-bond donors (Lipinski definition) is 7. The summed E-state index contributed by atoms with van der Waals surface area (Å²) in [6, 6.07) is -3.66. The summed E-state index contributed by atoms with van der Waals surface area (Å²) in [7, 11) is 0. The Kier molecular flexibility index (Phi) is 12.1. The first-order valence-corrected chi connectivity index (χ1v) is 10.9. The first-order valence-electron chi connectivity index (χ1n) is 10.9. The van der Waals surface area contributed by atoms with Crippen molar-refractivity contribution >= 4 is 23.7 Å². The lowest BCUT2D eigenvalue weighted by atomic mass is 9.97. The quantitative estimate of drug-likeness (QED) is 0.157. The van der Waals surface area contributed by atoms with Gasteiger partial charge in [-0.2, -0.15) is 0 Å². The molecule has 0 aromatic rings. The molecule has 31 heavy (non-hydrogen) atoms. The molecule has 3 amide bonds. The summed E-state index contributed by atoms with van der Waals surface area (Å²) in [4.78, 5) is 49.3. The molecule has 11 heteroatoms. The van der Waals surface area contributed by atoms with Crippen molar-refractivity contribution in [2.45, 2.75) is 76.5 Å². The van der Waals surface area contributed by atoms with Gasteiger partial charge >= 0.3 is 5.97 Å². The minimum atomic E-state index is -1.47. The maximum Gasteiger partial charge on any atom is 0.328 e. The maximum absolute atomic E-state index is 13.0. The fraction of sp³-hybridized carbons (Fsp3) is 0.800. The van der Waals surface area contributed by atoms with Crippen LogP contribution < -0.4 is 27.0 Å². The average molecular weight is 444 g/mol. The number of carbonyl (C=O) groups is 4. The number of hydrogen-bond acceptors (Lipinski definition) is 7. The number of aliphatic hydroxyl groups excluding tert-OH is 1. The van der Waals surface area contributed by atoms with E-state index in [1.54, 1.807) is 6.92 Å². The van der Waals surface area contributed by atoms with Crippen molar-refractivity contribution in [3.63, 3.8) is 0 Å². The van der Waals surface area contributed by atoms with Crippen molar-refractivity contribution < 1.29 is 29.4 Å². The van der Waals surface area contributed by atoms with Crippen LogP contribution in [0.2, 0.25) is 0 Å². The number of amides is 3. The monoisotopic (exact) mass is 443 g/mol. The highest BCUT2D eigenvalue weighted by Crippen LogP contribution is 2.11. The van der Waals surface area contributed by atoms with E-state index in [0.717, 1.165) is 13.0 Å². The van der Waals surface area contributed by atoms with Crippen molar-refractivity contribution in [1.29, 1.82) is 0 Å². The molecule has 0 spiro atoms. The molecule has 0 aliphatic carbocycles. The van der Waals surface area contributed by atoms with Crippen molar-refractivity contribution in [1.82, 2.24) is 21.3 Å². The number of aliphatic carboxylic acids is 1. The number of carbonyl (C=O) groups excluding carboxylic acids is 3. The lowest BCUT2D eigenvalue weighted by Gasteiger charge is -2.28. The zero-order valence-electron chi connectivity index (χ0n) is 18.4. The third-order valence-corrected chi connectivity index (χ3v) is 5.55. The van der Waals surface area contributed by atoms with E-state index >= 15 is 0 Å². The molecule has 0 saturated carbocycles. The Morgan fingerprint density at radius 1 is 1.10 bits per heavy atom. The van der Waals surface area contributed by atoms with Crippen LogP contribution in [-0.2, 0) is 19.2 Å². The van der Waals surface area contributed by atoms with Gasteiger partial charge in [0, 0.05) is 0 Å². The van der Waals surface area contributed by atoms with Crippen molar-refractivity contribution in [2.75, 3.05) is 19.7 Å². The molecule has 1 rings (SSSR count). The topological polar surface area (TPSA) is 183 Å². The Hall–Kier alpha value is -2.24. The van der Waals surface area contributed by atoms with Gasteiger partial charge in [-0.15, -0.1) is 0 Å². The van der Waals surface area contributed by atoms with E-state index in [-0.39, 0.29) is 17.9 Å². The molecule has 5 atom stereocenters. The van der Waals surface area contributed by atoms with Crippen LogP contribution in [0.15, 0.2) is 0 Å². The van der Waals surface area contributed by atoms with Crippen LogP contribution in [0.3, 0.4) is 0 Å². The largest absolute Gasteiger partial charge is 0.480 e. The molecular formula is C20H37N5O6. The number of nitrogens with one attached hydrogen (secondary N) is 4. The van der Waals surface area contributed by atoms with Crippen LogP contribution in [0, 0.1) is 5.92 Å². The van der Waals surface area contributed by atoms with E-state index in [9.17, 15) is 19.2 Å². The smallest absolute Gasteiger partial charge is 0.328 e. The predicted octanol–water partition coefficient (Wildman–Crippen LogP) is -1.56. The molecule has 1 aliphatic rings. The second kappa shape index (κ2) is 13.9. The van der Waals surface area contributed by atoms with Gasteiger partial charge in [0.25, 0.3) is 0 Å². The summed E-state index contributed by atoms with van der Waals surface area (Å²) >= 11 is 0. The average Bonchev–Trinajstić information content (AvgIpc) is 3.29. The summed E-state index contributed by atoms with van der Waals surface area (Å²) in [5.74, 6) is -3.15. The first kappa shape index (κ1) is 26.8. The minimum Gasteiger partial charge on any atom is -0.480 e. The molecule has 178 valence electrons. The molecule has 1 saturated heterocycles. The van der Waals surface area contributed by atoms with Gasteiger partial charge in [0.2, 0.25) is 17.7 Å². The standard InChI is InChI=1S/C20H37N5O6/c1-3-12(2)16(19(29)24-15(11-26)20(30)31)25-18(28)14(7-4-5-9-21)23-17(27)13-8-6-10-22-13/h12-16,22,26H,3-11,21H2,1-2H3,(H,23,27)(H,24,29)(H,25,28)(H,30,31). The number of carboxylic acid groups (broad SMARTS) is 1. The van der Waals surface area contributed by atoms with E-state index in [0.29, 0.717) is 38.6 Å². The summed E-state index contributed by atoms with van der Waals surface area (Å²) in [6.07, 6.45) is 3.80. The highest BCUT2D eigenvalue weighted by molar-refractivity contribution is 5.94. The van der Waals surface area contributed by atoms with Gasteiger partial charge in [0.1, 0.15) is 18.1 Å². The lowest BCUT2D eigenvalue weighted by Crippen LogP contribution is -2.59. The Morgan fingerprint density at radius 3 is 2.32 bits per heavy atom. The van der Waals surface area contributed by atoms with E-state index in [4.69, 9.17) is 15.9 Å². The number of carboxylic acids is 1. The lowest BCUT2D eigenvalue weighted by molar-refractivity contribution is -0.143. The van der Waals surface area contributed by atoms with Gasteiger partial charge in [0.05, 0.1) is 12.6 Å². The van der Waals surface area contributed by atoms with Gasteiger partial charge in [-0.3, -0.25) is 14.4 Å². The van der Waals surface area contributed by atoms with Crippen molar-refractivity contribution in [2.24, 2.45) is 11.7 Å². The van der Waals surface area contributed by atoms with Crippen LogP contribution in [0.4, 0.5) is 0 Å². The molecule has 0 radical (unpaired) electrons. The van der Waals surface area contributed by atoms with Crippen LogP contribution in [-0.4, -0.2) is 77.8 Å². The normalized spacial score (nSPS) is 19.7. The van der Waals surface area contributed by atoms with E-state index < -0.39 is 42.5 Å². The van der Waals surface area contributed by atoms with Gasteiger partial charge in [0.15, 0.2) is 0 Å². The van der Waals surface area contributed by atoms with Gasteiger partial charge in [-0.25, -0.2) is 4.79 Å². The molecule has 0 aromatic carbocycles. The molecule has 5 unspecified atom stereocenters. The SMILES string of the molecule is CCC(C)C(NC(=O)C(CCCCN)NC(=O)C1CCCN1)C(=O)NC(CO)C(=O)O. The van der Waals surface area contributed by atoms with Crippen LogP contribution in [0.25, 0.3) is 0 Å². The van der Waals surface area contributed by atoms with Crippen molar-refractivity contribution in [3.8, 4) is 0 Å². The van der Waals surface area contributed by atoms with Gasteiger partial charge < -0.3 is 37.2 Å². The molecule has 11 nitrogen and oxygen atoms in total. The molecule has 1 fully saturated rings. The van der Waals surface area contributed by atoms with Gasteiger partial charge in [-0.1, -0.05) is 20.3 Å². The number of unbranched alkanes of at least 4 members (excludes halogenated alkanes) is 1. The zero-order valence-corrected chi connectivity index (χ0v) is 18.4. The second-order valence-electron chi connectivity index (χ2n) is 7.95. The third-order valence-electron chi connectivity index (χ3n) is 5.55. The summed E-state index contributed by atoms with van der Waals surface area (Å²) < 4.78 is 0.